The molecule has 0 aliphatic rings. The average Bonchev–Trinajstić information content (AvgIpc) is 2.71. The third-order valence-electron chi connectivity index (χ3n) is 1.88. The molecule has 0 unspecified atom stereocenters. The maximum atomic E-state index is 13.3. The van der Waals surface area contributed by atoms with Crippen molar-refractivity contribution in [1.29, 1.82) is 0 Å². The first-order valence-electron chi connectivity index (χ1n) is 4.29. The van der Waals surface area contributed by atoms with Crippen LogP contribution in [0.25, 0.3) is 11.4 Å². The van der Waals surface area contributed by atoms with E-state index in [1.807, 2.05) is 0 Å². The Balaban J connectivity index is 2.54. The van der Waals surface area contributed by atoms with Crippen LogP contribution in [0.3, 0.4) is 0 Å². The van der Waals surface area contributed by atoms with Gasteiger partial charge in [0.05, 0.1) is 11.6 Å². The molecule has 4 nitrogen and oxygen atoms in total. The summed E-state index contributed by atoms with van der Waals surface area (Å²) in [6.07, 6.45) is 0. The van der Waals surface area contributed by atoms with Crippen molar-refractivity contribution in [2.24, 2.45) is 5.73 Å². The van der Waals surface area contributed by atoms with Crippen molar-refractivity contribution < 1.29 is 8.91 Å². The number of aromatic nitrogens is 2. The fourth-order valence-corrected chi connectivity index (χ4v) is 1.79. The van der Waals surface area contributed by atoms with Gasteiger partial charge < -0.3 is 10.3 Å². The maximum absolute atomic E-state index is 13.3. The maximum Gasteiger partial charge on any atom is 0.240 e. The van der Waals surface area contributed by atoms with E-state index in [9.17, 15) is 4.39 Å². The number of halogens is 3. The zero-order valence-electron chi connectivity index (χ0n) is 7.88. The van der Waals surface area contributed by atoms with Crippen LogP contribution in [0.15, 0.2) is 21.1 Å². The van der Waals surface area contributed by atoms with Gasteiger partial charge in [-0.25, -0.2) is 4.39 Å². The molecular formula is C9H6BrClFN3O. The SMILES string of the molecule is NCc1nc(-c2cc(Br)cc(F)c2Cl)no1. The Morgan fingerprint density at radius 2 is 2.25 bits per heavy atom. The first kappa shape index (κ1) is 11.5. The van der Waals surface area contributed by atoms with Crippen molar-refractivity contribution in [3.63, 3.8) is 0 Å². The summed E-state index contributed by atoms with van der Waals surface area (Å²) in [4.78, 5) is 3.97. The van der Waals surface area contributed by atoms with Gasteiger partial charge in [-0.1, -0.05) is 32.7 Å². The van der Waals surface area contributed by atoms with Crippen molar-refractivity contribution in [2.45, 2.75) is 6.54 Å². The van der Waals surface area contributed by atoms with E-state index >= 15 is 0 Å². The van der Waals surface area contributed by atoms with Crippen LogP contribution < -0.4 is 5.73 Å². The smallest absolute Gasteiger partial charge is 0.240 e. The number of hydrogen-bond acceptors (Lipinski definition) is 4. The first-order valence-corrected chi connectivity index (χ1v) is 5.46. The quantitative estimate of drug-likeness (QED) is 0.867. The van der Waals surface area contributed by atoms with Gasteiger partial charge in [-0.05, 0) is 12.1 Å². The van der Waals surface area contributed by atoms with Gasteiger partial charge in [-0.15, -0.1) is 0 Å². The second-order valence-electron chi connectivity index (χ2n) is 2.97. The Morgan fingerprint density at radius 3 is 2.88 bits per heavy atom. The third-order valence-corrected chi connectivity index (χ3v) is 2.72. The fourth-order valence-electron chi connectivity index (χ4n) is 1.17. The average molecular weight is 307 g/mol. The molecule has 0 atom stereocenters. The molecule has 0 spiro atoms. The highest BCUT2D eigenvalue weighted by Crippen LogP contribution is 2.31. The van der Waals surface area contributed by atoms with Gasteiger partial charge in [0.1, 0.15) is 5.82 Å². The molecule has 7 heteroatoms. The summed E-state index contributed by atoms with van der Waals surface area (Å²) in [5.41, 5.74) is 5.68. The molecule has 1 aromatic heterocycles. The highest BCUT2D eigenvalue weighted by Gasteiger charge is 2.15. The Kier molecular flexibility index (Phi) is 3.22. The van der Waals surface area contributed by atoms with Crippen LogP contribution >= 0.6 is 27.5 Å². The normalized spacial score (nSPS) is 10.8. The summed E-state index contributed by atoms with van der Waals surface area (Å²) >= 11 is 8.96. The molecule has 0 aliphatic heterocycles. The van der Waals surface area contributed by atoms with Crippen LogP contribution in [0, 0.1) is 5.82 Å². The topological polar surface area (TPSA) is 64.9 Å². The highest BCUT2D eigenvalue weighted by molar-refractivity contribution is 9.10. The van der Waals surface area contributed by atoms with E-state index in [4.69, 9.17) is 21.9 Å². The lowest BCUT2D eigenvalue weighted by Crippen LogP contribution is -1.95. The van der Waals surface area contributed by atoms with Crippen molar-refractivity contribution >= 4 is 27.5 Å². The molecule has 0 fully saturated rings. The molecule has 0 saturated carbocycles. The van der Waals surface area contributed by atoms with Crippen molar-refractivity contribution in [2.75, 3.05) is 0 Å². The molecule has 1 aromatic carbocycles. The zero-order valence-corrected chi connectivity index (χ0v) is 10.2. The Morgan fingerprint density at radius 1 is 1.50 bits per heavy atom. The number of nitrogens with two attached hydrogens (primary N) is 1. The number of benzene rings is 1. The van der Waals surface area contributed by atoms with Crippen LogP contribution in [0.1, 0.15) is 5.89 Å². The summed E-state index contributed by atoms with van der Waals surface area (Å²) in [6.45, 7) is 0.126. The summed E-state index contributed by atoms with van der Waals surface area (Å²) in [7, 11) is 0. The zero-order chi connectivity index (χ0) is 11.7. The highest BCUT2D eigenvalue weighted by atomic mass is 79.9. The lowest BCUT2D eigenvalue weighted by molar-refractivity contribution is 0.380. The van der Waals surface area contributed by atoms with Crippen LogP contribution in [-0.4, -0.2) is 10.1 Å². The van der Waals surface area contributed by atoms with E-state index in [0.717, 1.165) is 0 Å². The van der Waals surface area contributed by atoms with Crippen LogP contribution in [0.2, 0.25) is 5.02 Å². The van der Waals surface area contributed by atoms with Gasteiger partial charge >= 0.3 is 0 Å². The van der Waals surface area contributed by atoms with Crippen molar-refractivity contribution in [3.05, 3.63) is 33.3 Å². The van der Waals surface area contributed by atoms with E-state index in [0.29, 0.717) is 10.0 Å². The van der Waals surface area contributed by atoms with Gasteiger partial charge in [0, 0.05) is 10.0 Å². The number of hydrogen-bond donors (Lipinski definition) is 1. The Bertz CT molecular complexity index is 531. The molecule has 2 N–H and O–H groups in total. The molecular weight excluding hydrogens is 300 g/mol. The molecule has 1 heterocycles. The van der Waals surface area contributed by atoms with Gasteiger partial charge in [-0.2, -0.15) is 4.98 Å². The molecule has 0 saturated heterocycles. The summed E-state index contributed by atoms with van der Waals surface area (Å²) in [6, 6.07) is 2.87. The van der Waals surface area contributed by atoms with Crippen molar-refractivity contribution in [3.8, 4) is 11.4 Å². The molecule has 0 bridgehead atoms. The first-order chi connectivity index (χ1) is 7.61. The van der Waals surface area contributed by atoms with Gasteiger partial charge in [0.15, 0.2) is 0 Å². The summed E-state index contributed by atoms with van der Waals surface area (Å²) < 4.78 is 18.7. The molecule has 0 amide bonds. The van der Waals surface area contributed by atoms with Gasteiger partial charge in [-0.3, -0.25) is 0 Å². The monoisotopic (exact) mass is 305 g/mol. The molecule has 2 aromatic rings. The second kappa shape index (κ2) is 4.48. The lowest BCUT2D eigenvalue weighted by Gasteiger charge is -2.01. The van der Waals surface area contributed by atoms with Gasteiger partial charge in [0.25, 0.3) is 0 Å². The van der Waals surface area contributed by atoms with E-state index in [2.05, 4.69) is 26.1 Å². The van der Waals surface area contributed by atoms with E-state index in [1.165, 1.54) is 6.07 Å². The van der Waals surface area contributed by atoms with Crippen LogP contribution in [-0.2, 0) is 6.54 Å². The summed E-state index contributed by atoms with van der Waals surface area (Å²) in [5.74, 6) is -0.0674. The lowest BCUT2D eigenvalue weighted by atomic mass is 10.2. The van der Waals surface area contributed by atoms with Gasteiger partial charge in [0.2, 0.25) is 11.7 Å². The minimum absolute atomic E-state index is 0.0485. The molecule has 0 aliphatic carbocycles. The molecule has 84 valence electrons. The molecule has 16 heavy (non-hydrogen) atoms. The van der Waals surface area contributed by atoms with Crippen molar-refractivity contribution in [1.82, 2.24) is 10.1 Å². The molecule has 0 radical (unpaired) electrons. The standard InChI is InChI=1S/C9H6BrClFN3O/c10-4-1-5(8(11)6(12)2-4)9-14-7(3-13)16-15-9/h1-2H,3,13H2. The Hall–Kier alpha value is -0.980. The van der Waals surface area contributed by atoms with E-state index < -0.39 is 5.82 Å². The summed E-state index contributed by atoms with van der Waals surface area (Å²) in [5, 5.41) is 3.61. The third kappa shape index (κ3) is 2.09. The minimum atomic E-state index is -0.551. The molecule has 2 rings (SSSR count). The largest absolute Gasteiger partial charge is 0.338 e. The number of rotatable bonds is 2. The van der Waals surface area contributed by atoms with E-state index in [-0.39, 0.29) is 23.3 Å². The predicted octanol–water partition coefficient (Wildman–Crippen LogP) is 2.75. The van der Waals surface area contributed by atoms with E-state index in [1.54, 1.807) is 6.07 Å². The number of nitrogens with zero attached hydrogens (tertiary/aromatic N) is 2. The second-order valence-corrected chi connectivity index (χ2v) is 4.26. The van der Waals surface area contributed by atoms with Crippen LogP contribution in [0.4, 0.5) is 4.39 Å². The fraction of sp³-hybridized carbons (Fsp3) is 0.111. The van der Waals surface area contributed by atoms with Crippen LogP contribution in [0.5, 0.6) is 0 Å². The Labute approximate surface area is 104 Å². The minimum Gasteiger partial charge on any atom is -0.338 e. The predicted molar refractivity (Wildman–Crippen MR) is 60.3 cm³/mol.